The average molecular weight is 267 g/mol. The number of H-pyrrole nitrogens is 1. The summed E-state index contributed by atoms with van der Waals surface area (Å²) in [6.45, 7) is 1.60. The molecule has 0 aliphatic carbocycles. The molecule has 2 aromatic rings. The zero-order valence-electron chi connectivity index (χ0n) is 9.80. The molecular formula is C12H13NO4S. The summed E-state index contributed by atoms with van der Waals surface area (Å²) in [5, 5.41) is 9.67. The maximum Gasteiger partial charge on any atom is 0.335 e. The monoisotopic (exact) mass is 267 g/mol. The van der Waals surface area contributed by atoms with Gasteiger partial charge in [-0.05, 0) is 23.6 Å². The second kappa shape index (κ2) is 4.45. The van der Waals surface area contributed by atoms with Gasteiger partial charge < -0.3 is 10.1 Å². The number of aromatic carboxylic acids is 1. The number of nitrogens with one attached hydrogen (secondary N) is 1. The highest BCUT2D eigenvalue weighted by atomic mass is 32.2. The molecule has 2 rings (SSSR count). The summed E-state index contributed by atoms with van der Waals surface area (Å²) in [6, 6.07) is 6.39. The van der Waals surface area contributed by atoms with E-state index in [0.29, 0.717) is 11.2 Å². The van der Waals surface area contributed by atoms with Crippen LogP contribution in [-0.2, 0) is 15.6 Å². The Kier molecular flexibility index (Phi) is 3.13. The lowest BCUT2D eigenvalue weighted by molar-refractivity contribution is 0.0697. The van der Waals surface area contributed by atoms with Crippen LogP contribution in [0.1, 0.15) is 23.0 Å². The normalized spacial score (nSPS) is 11.8. The van der Waals surface area contributed by atoms with Gasteiger partial charge in [0.05, 0.1) is 11.3 Å². The topological polar surface area (TPSA) is 87.2 Å². The van der Waals surface area contributed by atoms with Gasteiger partial charge in [-0.1, -0.05) is 13.0 Å². The van der Waals surface area contributed by atoms with Gasteiger partial charge in [0.15, 0.2) is 9.84 Å². The number of benzene rings is 1. The summed E-state index contributed by atoms with van der Waals surface area (Å²) >= 11 is 0. The van der Waals surface area contributed by atoms with Crippen molar-refractivity contribution in [1.82, 2.24) is 4.98 Å². The zero-order chi connectivity index (χ0) is 13.3. The minimum atomic E-state index is -3.09. The fourth-order valence-electron chi connectivity index (χ4n) is 1.74. The van der Waals surface area contributed by atoms with Crippen LogP contribution in [0, 0.1) is 0 Å². The lowest BCUT2D eigenvalue weighted by Crippen LogP contribution is -2.06. The van der Waals surface area contributed by atoms with Crippen LogP contribution < -0.4 is 0 Å². The van der Waals surface area contributed by atoms with Crippen molar-refractivity contribution in [2.75, 3.05) is 5.75 Å². The molecule has 0 spiro atoms. The molecule has 0 amide bonds. The molecule has 2 N–H and O–H groups in total. The van der Waals surface area contributed by atoms with Gasteiger partial charge in [-0.3, -0.25) is 0 Å². The highest BCUT2D eigenvalue weighted by Crippen LogP contribution is 2.18. The second-order valence-corrected chi connectivity index (χ2v) is 6.43. The summed E-state index contributed by atoms with van der Waals surface area (Å²) < 4.78 is 23.0. The van der Waals surface area contributed by atoms with Crippen molar-refractivity contribution < 1.29 is 18.3 Å². The molecule has 0 fully saturated rings. The lowest BCUT2D eigenvalue weighted by atomic mass is 10.2. The number of hydrogen-bond acceptors (Lipinski definition) is 3. The minimum Gasteiger partial charge on any atom is -0.478 e. The molecule has 96 valence electrons. The molecule has 6 heteroatoms. The number of sulfone groups is 1. The third-order valence-electron chi connectivity index (χ3n) is 2.74. The van der Waals surface area contributed by atoms with Crippen LogP contribution in [0.4, 0.5) is 0 Å². The highest BCUT2D eigenvalue weighted by Gasteiger charge is 2.12. The van der Waals surface area contributed by atoms with Gasteiger partial charge in [0.1, 0.15) is 0 Å². The molecule has 1 aromatic carbocycles. The molecule has 0 saturated carbocycles. The van der Waals surface area contributed by atoms with E-state index in [1.807, 2.05) is 0 Å². The number of carboxylic acids is 1. The largest absolute Gasteiger partial charge is 0.478 e. The van der Waals surface area contributed by atoms with Gasteiger partial charge >= 0.3 is 5.97 Å². The predicted molar refractivity (Wildman–Crippen MR) is 68.4 cm³/mol. The van der Waals surface area contributed by atoms with E-state index in [1.54, 1.807) is 19.1 Å². The number of fused-ring (bicyclic) bond motifs is 1. The fraction of sp³-hybridized carbons (Fsp3) is 0.250. The third kappa shape index (κ3) is 2.53. The van der Waals surface area contributed by atoms with Gasteiger partial charge in [0.25, 0.3) is 0 Å². The second-order valence-electron chi connectivity index (χ2n) is 4.08. The van der Waals surface area contributed by atoms with Gasteiger partial charge in [-0.25, -0.2) is 13.2 Å². The quantitative estimate of drug-likeness (QED) is 0.884. The van der Waals surface area contributed by atoms with Crippen molar-refractivity contribution in [3.8, 4) is 0 Å². The van der Waals surface area contributed by atoms with Crippen LogP contribution >= 0.6 is 0 Å². The summed E-state index contributed by atoms with van der Waals surface area (Å²) in [5.74, 6) is -0.974. The van der Waals surface area contributed by atoms with Crippen LogP contribution in [0.3, 0.4) is 0 Å². The molecule has 0 unspecified atom stereocenters. The van der Waals surface area contributed by atoms with E-state index in [4.69, 9.17) is 5.11 Å². The van der Waals surface area contributed by atoms with Crippen LogP contribution in [0.2, 0.25) is 0 Å². The number of carbonyl (C=O) groups is 1. The first-order valence-corrected chi connectivity index (χ1v) is 7.29. The van der Waals surface area contributed by atoms with Gasteiger partial charge in [0.2, 0.25) is 0 Å². The molecule has 18 heavy (non-hydrogen) atoms. The van der Waals surface area contributed by atoms with E-state index < -0.39 is 15.8 Å². The number of carboxylic acid groups (broad SMARTS) is 1. The predicted octanol–water partition coefficient (Wildman–Crippen LogP) is 1.80. The molecule has 0 saturated heterocycles. The Morgan fingerprint density at radius 2 is 2.06 bits per heavy atom. The molecule has 0 atom stereocenters. The van der Waals surface area contributed by atoms with Crippen molar-refractivity contribution in [3.63, 3.8) is 0 Å². The summed E-state index contributed by atoms with van der Waals surface area (Å²) in [5.41, 5.74) is 1.39. The summed E-state index contributed by atoms with van der Waals surface area (Å²) in [4.78, 5) is 13.8. The van der Waals surface area contributed by atoms with Crippen molar-refractivity contribution in [1.29, 1.82) is 0 Å². The summed E-state index contributed by atoms with van der Waals surface area (Å²) in [7, 11) is -3.09. The van der Waals surface area contributed by atoms with Crippen LogP contribution in [0.15, 0.2) is 24.3 Å². The molecule has 0 radical (unpaired) electrons. The lowest BCUT2D eigenvalue weighted by Gasteiger charge is -1.97. The van der Waals surface area contributed by atoms with Crippen molar-refractivity contribution in [2.45, 2.75) is 12.7 Å². The SMILES string of the molecule is CCS(=O)(=O)Cc1cc2ccc(C(=O)O)cc2[nH]1. The molecule has 0 bridgehead atoms. The van der Waals surface area contributed by atoms with Gasteiger partial charge in [-0.15, -0.1) is 0 Å². The van der Waals surface area contributed by atoms with Crippen molar-refractivity contribution in [3.05, 3.63) is 35.5 Å². The number of aromatic nitrogens is 1. The van der Waals surface area contributed by atoms with Gasteiger partial charge in [0, 0.05) is 17.0 Å². The minimum absolute atomic E-state index is 0.0550. The van der Waals surface area contributed by atoms with Crippen molar-refractivity contribution in [2.24, 2.45) is 0 Å². The van der Waals surface area contributed by atoms with E-state index >= 15 is 0 Å². The van der Waals surface area contributed by atoms with Gasteiger partial charge in [-0.2, -0.15) is 0 Å². The first-order chi connectivity index (χ1) is 8.41. The number of hydrogen-bond donors (Lipinski definition) is 2. The number of rotatable bonds is 4. The average Bonchev–Trinajstić information content (AvgIpc) is 2.68. The van der Waals surface area contributed by atoms with Crippen molar-refractivity contribution >= 4 is 26.7 Å². The Morgan fingerprint density at radius 3 is 2.67 bits per heavy atom. The maximum atomic E-state index is 11.5. The smallest absolute Gasteiger partial charge is 0.335 e. The Morgan fingerprint density at radius 1 is 1.33 bits per heavy atom. The zero-order valence-corrected chi connectivity index (χ0v) is 10.6. The molecule has 1 heterocycles. The molecule has 1 aromatic heterocycles. The molecular weight excluding hydrogens is 254 g/mol. The first-order valence-electron chi connectivity index (χ1n) is 5.46. The Labute approximate surface area is 104 Å². The highest BCUT2D eigenvalue weighted by molar-refractivity contribution is 7.90. The van der Waals surface area contributed by atoms with Crippen LogP contribution in [-0.4, -0.2) is 30.2 Å². The summed E-state index contributed by atoms with van der Waals surface area (Å²) in [6.07, 6.45) is 0. The fourth-order valence-corrected chi connectivity index (χ4v) is 2.57. The standard InChI is InChI=1S/C12H13NO4S/c1-2-18(16,17)7-10-5-8-3-4-9(12(14)15)6-11(8)13-10/h3-6,13H,2,7H2,1H3,(H,14,15). The van der Waals surface area contributed by atoms with Crippen LogP contribution in [0.5, 0.6) is 0 Å². The molecule has 0 aliphatic rings. The first kappa shape index (κ1) is 12.6. The Balaban J connectivity index is 2.42. The number of aromatic amines is 1. The molecule has 0 aliphatic heterocycles. The van der Waals surface area contributed by atoms with E-state index in [2.05, 4.69) is 4.98 Å². The van der Waals surface area contributed by atoms with E-state index in [-0.39, 0.29) is 17.1 Å². The Hall–Kier alpha value is -1.82. The third-order valence-corrected chi connectivity index (χ3v) is 4.37. The van der Waals surface area contributed by atoms with E-state index in [9.17, 15) is 13.2 Å². The van der Waals surface area contributed by atoms with E-state index in [0.717, 1.165) is 5.39 Å². The van der Waals surface area contributed by atoms with E-state index in [1.165, 1.54) is 12.1 Å². The van der Waals surface area contributed by atoms with Crippen LogP contribution in [0.25, 0.3) is 10.9 Å². The molecule has 5 nitrogen and oxygen atoms in total. The maximum absolute atomic E-state index is 11.5. The Bertz CT molecular complexity index is 700.